The SMILES string of the molecule is COc1ccc2[nH]cc(CCNC(=O)C3(C)CC34CCNCC4)c2c1. The molecule has 0 bridgehead atoms. The summed E-state index contributed by atoms with van der Waals surface area (Å²) in [5.74, 6) is 1.09. The molecule has 1 aliphatic carbocycles. The summed E-state index contributed by atoms with van der Waals surface area (Å²) in [5, 5.41) is 7.75. The number of H-pyrrole nitrogens is 1. The Labute approximate surface area is 148 Å². The molecule has 1 aliphatic heterocycles. The lowest BCUT2D eigenvalue weighted by atomic mass is 9.85. The number of aromatic amines is 1. The number of benzene rings is 1. The van der Waals surface area contributed by atoms with Gasteiger partial charge in [0.15, 0.2) is 0 Å². The van der Waals surface area contributed by atoms with Crippen molar-refractivity contribution in [2.45, 2.75) is 32.6 Å². The molecule has 1 spiro atoms. The van der Waals surface area contributed by atoms with Crippen molar-refractivity contribution in [2.24, 2.45) is 10.8 Å². The van der Waals surface area contributed by atoms with Crippen LogP contribution in [0, 0.1) is 10.8 Å². The summed E-state index contributed by atoms with van der Waals surface area (Å²) >= 11 is 0. The van der Waals surface area contributed by atoms with E-state index in [1.165, 1.54) is 10.9 Å². The van der Waals surface area contributed by atoms with Gasteiger partial charge in [-0.3, -0.25) is 4.79 Å². The highest BCUT2D eigenvalue weighted by Gasteiger charge is 2.67. The molecule has 5 heteroatoms. The molecule has 4 rings (SSSR count). The van der Waals surface area contributed by atoms with Crippen LogP contribution in [0.4, 0.5) is 0 Å². The zero-order valence-electron chi connectivity index (χ0n) is 15.1. The van der Waals surface area contributed by atoms with Crippen LogP contribution in [-0.4, -0.2) is 37.6 Å². The summed E-state index contributed by atoms with van der Waals surface area (Å²) < 4.78 is 5.32. The van der Waals surface area contributed by atoms with Crippen LogP contribution in [0.3, 0.4) is 0 Å². The topological polar surface area (TPSA) is 66.1 Å². The molecule has 2 aliphatic rings. The molecule has 1 saturated carbocycles. The molecule has 1 amide bonds. The molecular weight excluding hydrogens is 314 g/mol. The Morgan fingerprint density at radius 3 is 2.88 bits per heavy atom. The number of carbonyl (C=O) groups is 1. The van der Waals surface area contributed by atoms with E-state index in [4.69, 9.17) is 4.74 Å². The number of carbonyl (C=O) groups excluding carboxylic acids is 1. The number of rotatable bonds is 5. The van der Waals surface area contributed by atoms with Gasteiger partial charge in [0, 0.05) is 23.6 Å². The molecule has 134 valence electrons. The van der Waals surface area contributed by atoms with Crippen LogP contribution in [0.15, 0.2) is 24.4 Å². The van der Waals surface area contributed by atoms with Crippen molar-refractivity contribution in [3.05, 3.63) is 30.0 Å². The van der Waals surface area contributed by atoms with E-state index in [0.717, 1.165) is 50.0 Å². The van der Waals surface area contributed by atoms with Crippen LogP contribution in [0.2, 0.25) is 0 Å². The van der Waals surface area contributed by atoms with Gasteiger partial charge < -0.3 is 20.4 Å². The number of fused-ring (bicyclic) bond motifs is 1. The van der Waals surface area contributed by atoms with Gasteiger partial charge in [-0.1, -0.05) is 6.92 Å². The maximum atomic E-state index is 12.7. The van der Waals surface area contributed by atoms with Crippen LogP contribution >= 0.6 is 0 Å². The first kappa shape index (κ1) is 16.5. The molecule has 1 saturated heterocycles. The molecule has 3 N–H and O–H groups in total. The van der Waals surface area contributed by atoms with E-state index in [1.807, 2.05) is 18.3 Å². The van der Waals surface area contributed by atoms with E-state index in [0.29, 0.717) is 6.54 Å². The lowest BCUT2D eigenvalue weighted by molar-refractivity contribution is -0.127. The van der Waals surface area contributed by atoms with Crippen molar-refractivity contribution >= 4 is 16.8 Å². The van der Waals surface area contributed by atoms with E-state index < -0.39 is 0 Å². The highest BCUT2D eigenvalue weighted by Crippen LogP contribution is 2.68. The highest BCUT2D eigenvalue weighted by molar-refractivity contribution is 5.87. The minimum Gasteiger partial charge on any atom is -0.497 e. The Bertz CT molecular complexity index is 791. The van der Waals surface area contributed by atoms with Crippen molar-refractivity contribution in [3.63, 3.8) is 0 Å². The normalized spacial score (nSPS) is 24.4. The maximum Gasteiger partial charge on any atom is 0.226 e. The molecule has 0 radical (unpaired) electrons. The number of hydrogen-bond donors (Lipinski definition) is 3. The van der Waals surface area contributed by atoms with Gasteiger partial charge in [-0.25, -0.2) is 0 Å². The van der Waals surface area contributed by atoms with Crippen molar-refractivity contribution in [2.75, 3.05) is 26.7 Å². The van der Waals surface area contributed by atoms with Gasteiger partial charge in [0.2, 0.25) is 5.91 Å². The van der Waals surface area contributed by atoms with Gasteiger partial charge in [-0.05, 0) is 68.0 Å². The second-order valence-corrected chi connectivity index (χ2v) is 7.77. The largest absolute Gasteiger partial charge is 0.497 e. The lowest BCUT2D eigenvalue weighted by Gasteiger charge is -2.27. The van der Waals surface area contributed by atoms with Crippen LogP contribution in [0.1, 0.15) is 31.7 Å². The molecule has 5 nitrogen and oxygen atoms in total. The van der Waals surface area contributed by atoms with E-state index in [2.05, 4.69) is 28.6 Å². The zero-order chi connectivity index (χ0) is 17.5. The Balaban J connectivity index is 1.37. The summed E-state index contributed by atoms with van der Waals surface area (Å²) in [6, 6.07) is 6.04. The smallest absolute Gasteiger partial charge is 0.226 e. The summed E-state index contributed by atoms with van der Waals surface area (Å²) in [6.07, 6.45) is 6.14. The van der Waals surface area contributed by atoms with Crippen molar-refractivity contribution in [1.29, 1.82) is 0 Å². The fraction of sp³-hybridized carbons (Fsp3) is 0.550. The number of hydrogen-bond acceptors (Lipinski definition) is 3. The Morgan fingerprint density at radius 1 is 1.32 bits per heavy atom. The highest BCUT2D eigenvalue weighted by atomic mass is 16.5. The number of methoxy groups -OCH3 is 1. The third-order valence-electron chi connectivity index (χ3n) is 6.45. The molecule has 2 heterocycles. The number of ether oxygens (including phenoxy) is 1. The van der Waals surface area contributed by atoms with Crippen molar-refractivity contribution in [3.8, 4) is 5.75 Å². The van der Waals surface area contributed by atoms with Gasteiger partial charge in [-0.15, -0.1) is 0 Å². The Hall–Kier alpha value is -2.01. The van der Waals surface area contributed by atoms with Crippen LogP contribution in [0.25, 0.3) is 10.9 Å². The first-order valence-electron chi connectivity index (χ1n) is 9.21. The van der Waals surface area contributed by atoms with E-state index in [-0.39, 0.29) is 16.7 Å². The molecule has 1 unspecified atom stereocenters. The third kappa shape index (κ3) is 2.71. The molecule has 1 aromatic heterocycles. The first-order chi connectivity index (χ1) is 12.1. The van der Waals surface area contributed by atoms with E-state index >= 15 is 0 Å². The Kier molecular flexibility index (Phi) is 3.99. The quantitative estimate of drug-likeness (QED) is 0.783. The van der Waals surface area contributed by atoms with Gasteiger partial charge in [-0.2, -0.15) is 0 Å². The molecule has 25 heavy (non-hydrogen) atoms. The third-order valence-corrected chi connectivity index (χ3v) is 6.45. The van der Waals surface area contributed by atoms with E-state index in [9.17, 15) is 4.79 Å². The van der Waals surface area contributed by atoms with Gasteiger partial charge in [0.1, 0.15) is 5.75 Å². The minimum atomic E-state index is -0.168. The molecule has 2 fully saturated rings. The monoisotopic (exact) mass is 341 g/mol. The van der Waals surface area contributed by atoms with Gasteiger partial charge in [0.25, 0.3) is 0 Å². The van der Waals surface area contributed by atoms with Crippen LogP contribution < -0.4 is 15.4 Å². The maximum absolute atomic E-state index is 12.7. The predicted octanol–water partition coefficient (Wildman–Crippen LogP) is 2.62. The fourth-order valence-electron chi connectivity index (χ4n) is 4.58. The molecular formula is C20H27N3O2. The zero-order valence-corrected chi connectivity index (χ0v) is 15.1. The number of aromatic nitrogens is 1. The molecule has 2 aromatic rings. The first-order valence-corrected chi connectivity index (χ1v) is 9.21. The molecule has 1 atom stereocenters. The van der Waals surface area contributed by atoms with Gasteiger partial charge >= 0.3 is 0 Å². The predicted molar refractivity (Wildman–Crippen MR) is 98.8 cm³/mol. The lowest BCUT2D eigenvalue weighted by Crippen LogP contribution is -2.39. The summed E-state index contributed by atoms with van der Waals surface area (Å²) in [4.78, 5) is 16.0. The second-order valence-electron chi connectivity index (χ2n) is 7.77. The number of piperidine rings is 1. The molecule has 1 aromatic carbocycles. The van der Waals surface area contributed by atoms with E-state index in [1.54, 1.807) is 7.11 Å². The van der Waals surface area contributed by atoms with Crippen LogP contribution in [-0.2, 0) is 11.2 Å². The van der Waals surface area contributed by atoms with Crippen molar-refractivity contribution in [1.82, 2.24) is 15.6 Å². The van der Waals surface area contributed by atoms with Crippen LogP contribution in [0.5, 0.6) is 5.75 Å². The summed E-state index contributed by atoms with van der Waals surface area (Å²) in [6.45, 7) is 4.90. The minimum absolute atomic E-state index is 0.168. The average Bonchev–Trinajstić information content (AvgIpc) is 3.01. The Morgan fingerprint density at radius 2 is 2.12 bits per heavy atom. The second kappa shape index (κ2) is 6.06. The van der Waals surface area contributed by atoms with Gasteiger partial charge in [0.05, 0.1) is 12.5 Å². The summed E-state index contributed by atoms with van der Waals surface area (Å²) in [5.41, 5.74) is 2.39. The average molecular weight is 341 g/mol. The number of amides is 1. The van der Waals surface area contributed by atoms with Crippen molar-refractivity contribution < 1.29 is 9.53 Å². The summed E-state index contributed by atoms with van der Waals surface area (Å²) in [7, 11) is 1.68. The standard InChI is InChI=1S/C20H27N3O2/c1-19(13-20(19)6-9-21-10-7-20)18(24)22-8-5-14-12-23-17-4-3-15(25-2)11-16(14)17/h3-4,11-12,21,23H,5-10,13H2,1-2H3,(H,22,24). The number of nitrogens with one attached hydrogen (secondary N) is 3. The fourth-order valence-corrected chi connectivity index (χ4v) is 4.58.